The minimum Gasteiger partial charge on any atom is -0.305 e. The monoisotopic (exact) mass is 323 g/mol. The third-order valence-electron chi connectivity index (χ3n) is 4.12. The molecular weight excluding hydrogens is 310 g/mol. The highest BCUT2D eigenvalue weighted by atomic mass is 16.1. The topological polar surface area (TPSA) is 69.5 Å². The van der Waals surface area contributed by atoms with E-state index in [0.717, 1.165) is 27.6 Å². The zero-order valence-electron chi connectivity index (χ0n) is 13.2. The lowest BCUT2D eigenvalue weighted by atomic mass is 10.00. The molecule has 0 atom stereocenters. The van der Waals surface area contributed by atoms with Crippen LogP contribution in [0.1, 0.15) is 5.56 Å². The second kappa shape index (κ2) is 6.06. The summed E-state index contributed by atoms with van der Waals surface area (Å²) in [6, 6.07) is 25.1. The molecule has 0 fully saturated rings. The molecule has 1 aromatic heterocycles. The summed E-state index contributed by atoms with van der Waals surface area (Å²) in [4.78, 5) is 18.9. The van der Waals surface area contributed by atoms with Crippen LogP contribution in [0.3, 0.4) is 0 Å². The van der Waals surface area contributed by atoms with Gasteiger partial charge in [-0.25, -0.2) is 4.79 Å². The van der Waals surface area contributed by atoms with Crippen molar-refractivity contribution in [1.82, 2.24) is 9.97 Å². The van der Waals surface area contributed by atoms with E-state index < -0.39 is 0 Å². The summed E-state index contributed by atoms with van der Waals surface area (Å²) < 4.78 is 0. The van der Waals surface area contributed by atoms with E-state index in [2.05, 4.69) is 16.0 Å². The van der Waals surface area contributed by atoms with Crippen LogP contribution in [0.4, 0.5) is 0 Å². The maximum Gasteiger partial charge on any atom is 0.345 e. The van der Waals surface area contributed by atoms with Gasteiger partial charge in [-0.1, -0.05) is 48.5 Å². The molecule has 4 heteroatoms. The molecule has 4 aromatic rings. The Kier molecular flexibility index (Phi) is 3.60. The number of hydrogen-bond acceptors (Lipinski definition) is 3. The molecule has 4 nitrogen and oxygen atoms in total. The van der Waals surface area contributed by atoms with Crippen molar-refractivity contribution in [3.63, 3.8) is 0 Å². The smallest absolute Gasteiger partial charge is 0.305 e. The summed E-state index contributed by atoms with van der Waals surface area (Å²) in [6.07, 6.45) is 0. The van der Waals surface area contributed by atoms with E-state index in [-0.39, 0.29) is 5.69 Å². The van der Waals surface area contributed by atoms with Crippen molar-refractivity contribution < 1.29 is 0 Å². The van der Waals surface area contributed by atoms with Crippen molar-refractivity contribution in [2.75, 3.05) is 0 Å². The van der Waals surface area contributed by atoms with Gasteiger partial charge in [-0.15, -0.1) is 0 Å². The van der Waals surface area contributed by atoms with Gasteiger partial charge in [-0.3, -0.25) is 0 Å². The van der Waals surface area contributed by atoms with Crippen LogP contribution < -0.4 is 5.69 Å². The van der Waals surface area contributed by atoms with Crippen molar-refractivity contribution in [2.45, 2.75) is 0 Å². The number of aromatic amines is 1. The summed E-state index contributed by atoms with van der Waals surface area (Å²) in [6.45, 7) is 0. The van der Waals surface area contributed by atoms with Gasteiger partial charge in [0.25, 0.3) is 0 Å². The Balaban J connectivity index is 1.94. The SMILES string of the molecule is N#Cc1ccc(-c2ccc3[nH]c(=O)nc(-c4ccccc4)c3c2)cc1. The van der Waals surface area contributed by atoms with Gasteiger partial charge >= 0.3 is 5.69 Å². The number of benzene rings is 3. The van der Waals surface area contributed by atoms with Gasteiger partial charge in [0.15, 0.2) is 0 Å². The van der Waals surface area contributed by atoms with Crippen molar-refractivity contribution in [3.05, 3.63) is 88.8 Å². The van der Waals surface area contributed by atoms with Gasteiger partial charge in [-0.2, -0.15) is 10.2 Å². The molecule has 4 rings (SSSR count). The number of hydrogen-bond donors (Lipinski definition) is 1. The quantitative estimate of drug-likeness (QED) is 0.603. The molecule has 3 aromatic carbocycles. The average Bonchev–Trinajstić information content (AvgIpc) is 2.68. The molecule has 0 aliphatic rings. The summed E-state index contributed by atoms with van der Waals surface area (Å²) >= 11 is 0. The first-order valence-electron chi connectivity index (χ1n) is 7.85. The van der Waals surface area contributed by atoms with Crippen molar-refractivity contribution in [2.24, 2.45) is 0 Å². The Morgan fingerprint density at radius 2 is 1.56 bits per heavy atom. The summed E-state index contributed by atoms with van der Waals surface area (Å²) in [5, 5.41) is 9.82. The van der Waals surface area contributed by atoms with Gasteiger partial charge in [0.2, 0.25) is 0 Å². The van der Waals surface area contributed by atoms with Crippen LogP contribution in [-0.2, 0) is 0 Å². The van der Waals surface area contributed by atoms with Crippen LogP contribution in [0, 0.1) is 11.3 Å². The van der Waals surface area contributed by atoms with Crippen LogP contribution >= 0.6 is 0 Å². The first-order valence-corrected chi connectivity index (χ1v) is 7.85. The van der Waals surface area contributed by atoms with Gasteiger partial charge in [0, 0.05) is 10.9 Å². The molecule has 0 saturated carbocycles. The zero-order valence-corrected chi connectivity index (χ0v) is 13.2. The molecular formula is C21H13N3O. The predicted molar refractivity (Wildman–Crippen MR) is 98.0 cm³/mol. The van der Waals surface area contributed by atoms with Crippen LogP contribution in [0.25, 0.3) is 33.3 Å². The number of fused-ring (bicyclic) bond motifs is 1. The van der Waals surface area contributed by atoms with E-state index >= 15 is 0 Å². The molecule has 118 valence electrons. The van der Waals surface area contributed by atoms with E-state index in [1.165, 1.54) is 0 Å². The number of aromatic nitrogens is 2. The Morgan fingerprint density at radius 1 is 0.840 bits per heavy atom. The van der Waals surface area contributed by atoms with Gasteiger partial charge in [0.05, 0.1) is 22.8 Å². The highest BCUT2D eigenvalue weighted by Crippen LogP contribution is 2.29. The van der Waals surface area contributed by atoms with Crippen molar-refractivity contribution >= 4 is 10.9 Å². The third kappa shape index (κ3) is 2.79. The fraction of sp³-hybridized carbons (Fsp3) is 0. The number of rotatable bonds is 2. The number of nitrogens with one attached hydrogen (secondary N) is 1. The lowest BCUT2D eigenvalue weighted by Gasteiger charge is -2.08. The maximum atomic E-state index is 11.9. The van der Waals surface area contributed by atoms with Crippen molar-refractivity contribution in [1.29, 1.82) is 5.26 Å². The van der Waals surface area contributed by atoms with Gasteiger partial charge in [-0.05, 0) is 35.4 Å². The van der Waals surface area contributed by atoms with E-state index in [4.69, 9.17) is 5.26 Å². The van der Waals surface area contributed by atoms with E-state index in [9.17, 15) is 4.79 Å². The van der Waals surface area contributed by atoms with Crippen LogP contribution in [0.5, 0.6) is 0 Å². The Hall–Kier alpha value is -3.71. The van der Waals surface area contributed by atoms with E-state index in [1.54, 1.807) is 12.1 Å². The lowest BCUT2D eigenvalue weighted by molar-refractivity contribution is 1.12. The molecule has 0 unspecified atom stereocenters. The van der Waals surface area contributed by atoms with E-state index in [1.807, 2.05) is 60.7 Å². The van der Waals surface area contributed by atoms with E-state index in [0.29, 0.717) is 11.3 Å². The van der Waals surface area contributed by atoms with Crippen molar-refractivity contribution in [3.8, 4) is 28.5 Å². The standard InChI is InChI=1S/C21H13N3O/c22-13-14-6-8-15(9-7-14)17-10-11-19-18(12-17)20(24-21(25)23-19)16-4-2-1-3-5-16/h1-12H,(H,23,24,25). The van der Waals surface area contributed by atoms with Gasteiger partial charge < -0.3 is 4.98 Å². The zero-order chi connectivity index (χ0) is 17.2. The molecule has 0 amide bonds. The minimum absolute atomic E-state index is 0.363. The molecule has 0 aliphatic heterocycles. The maximum absolute atomic E-state index is 11.9. The molecule has 0 aliphatic carbocycles. The molecule has 0 spiro atoms. The summed E-state index contributed by atoms with van der Waals surface area (Å²) in [7, 11) is 0. The number of nitriles is 1. The Labute approximate surface area is 144 Å². The van der Waals surface area contributed by atoms with Crippen LogP contribution in [0.2, 0.25) is 0 Å². The second-order valence-electron chi connectivity index (χ2n) is 5.71. The Bertz CT molecular complexity index is 1150. The minimum atomic E-state index is -0.363. The van der Waals surface area contributed by atoms with Crippen LogP contribution in [-0.4, -0.2) is 9.97 Å². The molecule has 1 heterocycles. The third-order valence-corrected chi connectivity index (χ3v) is 4.12. The lowest BCUT2D eigenvalue weighted by Crippen LogP contribution is -2.11. The normalized spacial score (nSPS) is 10.5. The molecule has 0 bridgehead atoms. The molecule has 1 N–H and O–H groups in total. The highest BCUT2D eigenvalue weighted by molar-refractivity contribution is 5.94. The van der Waals surface area contributed by atoms with Gasteiger partial charge in [0.1, 0.15) is 0 Å². The fourth-order valence-electron chi connectivity index (χ4n) is 2.89. The number of nitrogens with zero attached hydrogens (tertiary/aromatic N) is 2. The number of H-pyrrole nitrogens is 1. The highest BCUT2D eigenvalue weighted by Gasteiger charge is 2.09. The summed E-state index contributed by atoms with van der Waals surface area (Å²) in [5.41, 5.74) is 4.58. The first-order chi connectivity index (χ1) is 12.2. The van der Waals surface area contributed by atoms with Crippen LogP contribution in [0.15, 0.2) is 77.6 Å². The second-order valence-corrected chi connectivity index (χ2v) is 5.71. The average molecular weight is 323 g/mol. The predicted octanol–water partition coefficient (Wildman–Crippen LogP) is 4.13. The molecule has 25 heavy (non-hydrogen) atoms. The Morgan fingerprint density at radius 3 is 2.28 bits per heavy atom. The molecule has 0 radical (unpaired) electrons. The largest absolute Gasteiger partial charge is 0.345 e. The summed E-state index contributed by atoms with van der Waals surface area (Å²) in [5.74, 6) is 0. The fourth-order valence-corrected chi connectivity index (χ4v) is 2.89. The first kappa shape index (κ1) is 14.9. The molecule has 0 saturated heterocycles.